The predicted molar refractivity (Wildman–Crippen MR) is 113 cm³/mol. The third-order valence-electron chi connectivity index (χ3n) is 4.23. The first kappa shape index (κ1) is 19.3. The molecule has 1 amide bonds. The summed E-state index contributed by atoms with van der Waals surface area (Å²) in [6.45, 7) is 0.576. The zero-order valence-electron chi connectivity index (χ0n) is 14.9. The lowest BCUT2D eigenvalue weighted by atomic mass is 10.1. The molecule has 0 saturated heterocycles. The van der Waals surface area contributed by atoms with Gasteiger partial charge in [0.15, 0.2) is 5.82 Å². The molecule has 0 aliphatic carbocycles. The molecule has 0 saturated carbocycles. The summed E-state index contributed by atoms with van der Waals surface area (Å²) in [7, 11) is 0. The van der Waals surface area contributed by atoms with Crippen LogP contribution in [0.1, 0.15) is 5.56 Å². The van der Waals surface area contributed by atoms with E-state index in [2.05, 4.69) is 20.3 Å². The topological polar surface area (TPSA) is 71.0 Å². The highest BCUT2D eigenvalue weighted by Crippen LogP contribution is 2.33. The van der Waals surface area contributed by atoms with Crippen LogP contribution in [0.15, 0.2) is 79.4 Å². The number of nitrogens with zero attached hydrogens (tertiary/aromatic N) is 4. The smallest absolute Gasteiger partial charge is 0.218 e. The Balaban J connectivity index is 0.00000225. The fourth-order valence-electron chi connectivity index (χ4n) is 2.94. The van der Waals surface area contributed by atoms with E-state index in [9.17, 15) is 4.79 Å². The Morgan fingerprint density at radius 3 is 2.39 bits per heavy atom. The minimum Gasteiger partial charge on any atom is -0.364 e. The minimum absolute atomic E-state index is 0. The Morgan fingerprint density at radius 2 is 1.57 bits per heavy atom. The lowest BCUT2D eigenvalue weighted by Crippen LogP contribution is -2.17. The van der Waals surface area contributed by atoms with Crippen LogP contribution in [0.2, 0.25) is 0 Å². The van der Waals surface area contributed by atoms with Gasteiger partial charge in [-0.15, -0.1) is 12.4 Å². The van der Waals surface area contributed by atoms with Gasteiger partial charge in [0.1, 0.15) is 0 Å². The first-order chi connectivity index (χ1) is 13.4. The van der Waals surface area contributed by atoms with E-state index in [1.165, 1.54) is 0 Å². The van der Waals surface area contributed by atoms with Crippen molar-refractivity contribution in [1.82, 2.24) is 15.0 Å². The van der Waals surface area contributed by atoms with Gasteiger partial charge in [0.05, 0.1) is 16.9 Å². The van der Waals surface area contributed by atoms with Crippen molar-refractivity contribution in [3.8, 4) is 0 Å². The number of anilines is 3. The molecule has 1 N–H and O–H groups in total. The highest BCUT2D eigenvalue weighted by Gasteiger charge is 2.16. The number of fused-ring (bicyclic) bond motifs is 1. The Bertz CT molecular complexity index is 1070. The zero-order chi connectivity index (χ0) is 18.5. The number of amides is 1. The molecule has 0 aliphatic rings. The molecular formula is C21H18ClN5O. The first-order valence-electron chi connectivity index (χ1n) is 8.53. The van der Waals surface area contributed by atoms with E-state index in [0.29, 0.717) is 23.7 Å². The lowest BCUT2D eigenvalue weighted by molar-refractivity contribution is -0.106. The summed E-state index contributed by atoms with van der Waals surface area (Å²) in [4.78, 5) is 26.5. The molecule has 3 aromatic heterocycles. The second kappa shape index (κ2) is 8.92. The van der Waals surface area contributed by atoms with Crippen LogP contribution >= 0.6 is 12.4 Å². The number of halogens is 1. The molecule has 0 unspecified atom stereocenters. The molecule has 0 radical (unpaired) electrons. The fraction of sp³-hybridized carbons (Fsp3) is 0.0476. The van der Waals surface area contributed by atoms with Gasteiger partial charge in [-0.25, -0.2) is 4.98 Å². The van der Waals surface area contributed by atoms with E-state index in [-0.39, 0.29) is 12.4 Å². The number of hydrogen-bond donors (Lipinski definition) is 1. The average Bonchev–Trinajstić information content (AvgIpc) is 2.74. The third-order valence-corrected chi connectivity index (χ3v) is 4.23. The Hall–Kier alpha value is -3.51. The van der Waals surface area contributed by atoms with Crippen molar-refractivity contribution in [1.29, 1.82) is 0 Å². The molecule has 1 aromatic carbocycles. The summed E-state index contributed by atoms with van der Waals surface area (Å²) in [5.74, 6) is 0.620. The van der Waals surface area contributed by atoms with Crippen LogP contribution in [-0.2, 0) is 11.3 Å². The minimum atomic E-state index is 0. The van der Waals surface area contributed by atoms with Crippen LogP contribution in [0.3, 0.4) is 0 Å². The third kappa shape index (κ3) is 3.92. The van der Waals surface area contributed by atoms with Crippen LogP contribution in [0, 0.1) is 0 Å². The van der Waals surface area contributed by atoms with Gasteiger partial charge in [-0.3, -0.25) is 19.7 Å². The van der Waals surface area contributed by atoms with E-state index in [0.717, 1.165) is 22.9 Å². The number of para-hydroxylation sites is 1. The SMILES string of the molecule is Cl.O=CN(c1cccnc1NCc1ccncc1)c1cccc2cccnc12. The molecule has 6 nitrogen and oxygen atoms in total. The summed E-state index contributed by atoms with van der Waals surface area (Å²) >= 11 is 0. The standard InChI is InChI=1S/C21H17N5O.ClH/c27-15-26(18-6-1-4-17-5-2-10-23-20(17)18)19-7-3-11-24-21(19)25-14-16-8-12-22-13-9-16;/h1-13,15H,14H2,(H,24,25);1H. The molecule has 28 heavy (non-hydrogen) atoms. The van der Waals surface area contributed by atoms with Crippen LogP contribution in [-0.4, -0.2) is 21.4 Å². The Labute approximate surface area is 168 Å². The van der Waals surface area contributed by atoms with Crippen LogP contribution in [0.4, 0.5) is 17.2 Å². The van der Waals surface area contributed by atoms with Crippen molar-refractivity contribution in [2.75, 3.05) is 10.2 Å². The van der Waals surface area contributed by atoms with Crippen LogP contribution < -0.4 is 10.2 Å². The number of benzene rings is 1. The van der Waals surface area contributed by atoms with Crippen molar-refractivity contribution >= 4 is 46.9 Å². The van der Waals surface area contributed by atoms with Gasteiger partial charge >= 0.3 is 0 Å². The van der Waals surface area contributed by atoms with Crippen LogP contribution in [0.5, 0.6) is 0 Å². The van der Waals surface area contributed by atoms with Gasteiger partial charge in [0.25, 0.3) is 0 Å². The molecule has 0 aliphatic heterocycles. The second-order valence-electron chi connectivity index (χ2n) is 5.91. The molecule has 0 spiro atoms. The van der Waals surface area contributed by atoms with E-state index in [1.807, 2.05) is 54.6 Å². The van der Waals surface area contributed by atoms with Crippen molar-refractivity contribution < 1.29 is 4.79 Å². The number of nitrogens with one attached hydrogen (secondary N) is 1. The quantitative estimate of drug-likeness (QED) is 0.494. The number of pyridine rings is 3. The van der Waals surface area contributed by atoms with Gasteiger partial charge in [0.2, 0.25) is 6.41 Å². The molecule has 3 heterocycles. The monoisotopic (exact) mass is 391 g/mol. The maximum atomic E-state index is 12.0. The highest BCUT2D eigenvalue weighted by atomic mass is 35.5. The summed E-state index contributed by atoms with van der Waals surface area (Å²) in [5, 5.41) is 4.27. The molecule has 4 rings (SSSR count). The number of carbonyl (C=O) groups excluding carboxylic acids is 1. The molecule has 7 heteroatoms. The molecule has 0 bridgehead atoms. The summed E-state index contributed by atoms with van der Waals surface area (Å²) in [6, 6.07) is 17.1. The van der Waals surface area contributed by atoms with Crippen LogP contribution in [0.25, 0.3) is 10.9 Å². The number of rotatable bonds is 6. The highest BCUT2D eigenvalue weighted by molar-refractivity contribution is 6.01. The van der Waals surface area contributed by atoms with Gasteiger partial charge in [-0.1, -0.05) is 18.2 Å². The first-order valence-corrected chi connectivity index (χ1v) is 8.53. The molecule has 0 atom stereocenters. The van der Waals surface area contributed by atoms with Gasteiger partial charge in [0, 0.05) is 36.7 Å². The maximum absolute atomic E-state index is 12.0. The number of hydrogen-bond acceptors (Lipinski definition) is 5. The molecule has 0 fully saturated rings. The van der Waals surface area contributed by atoms with E-state index in [1.54, 1.807) is 29.7 Å². The van der Waals surface area contributed by atoms with Crippen molar-refractivity contribution in [2.24, 2.45) is 0 Å². The average molecular weight is 392 g/mol. The largest absolute Gasteiger partial charge is 0.364 e. The molecular weight excluding hydrogens is 374 g/mol. The second-order valence-corrected chi connectivity index (χ2v) is 5.91. The normalized spacial score (nSPS) is 10.1. The summed E-state index contributed by atoms with van der Waals surface area (Å²) in [5.41, 5.74) is 3.21. The Morgan fingerprint density at radius 1 is 0.857 bits per heavy atom. The summed E-state index contributed by atoms with van der Waals surface area (Å²) < 4.78 is 0. The van der Waals surface area contributed by atoms with Crippen molar-refractivity contribution in [3.05, 3.63) is 84.9 Å². The fourth-order valence-corrected chi connectivity index (χ4v) is 2.94. The van der Waals surface area contributed by atoms with Gasteiger partial charge < -0.3 is 5.32 Å². The number of aromatic nitrogens is 3. The molecule has 4 aromatic rings. The van der Waals surface area contributed by atoms with Crippen molar-refractivity contribution in [3.63, 3.8) is 0 Å². The maximum Gasteiger partial charge on any atom is 0.218 e. The van der Waals surface area contributed by atoms with E-state index in [4.69, 9.17) is 0 Å². The number of carbonyl (C=O) groups is 1. The zero-order valence-corrected chi connectivity index (χ0v) is 15.7. The van der Waals surface area contributed by atoms with E-state index >= 15 is 0 Å². The predicted octanol–water partition coefficient (Wildman–Crippen LogP) is 4.35. The van der Waals surface area contributed by atoms with Crippen molar-refractivity contribution in [2.45, 2.75) is 6.54 Å². The summed E-state index contributed by atoms with van der Waals surface area (Å²) in [6.07, 6.45) is 7.70. The van der Waals surface area contributed by atoms with Gasteiger partial charge in [-0.2, -0.15) is 0 Å². The lowest BCUT2D eigenvalue weighted by Gasteiger charge is -2.21. The van der Waals surface area contributed by atoms with E-state index < -0.39 is 0 Å². The Kier molecular flexibility index (Phi) is 6.14. The molecule has 140 valence electrons. The van der Waals surface area contributed by atoms with Gasteiger partial charge in [-0.05, 0) is 42.0 Å².